The van der Waals surface area contributed by atoms with Gasteiger partial charge in [0, 0.05) is 23.8 Å². The Morgan fingerprint density at radius 3 is 2.20 bits per heavy atom. The van der Waals surface area contributed by atoms with Gasteiger partial charge < -0.3 is 10.0 Å². The number of hydrogen-bond donors (Lipinski definition) is 1. The van der Waals surface area contributed by atoms with E-state index < -0.39 is 6.10 Å². The molecule has 1 rings (SSSR count). The van der Waals surface area contributed by atoms with E-state index in [4.69, 9.17) is 0 Å². The van der Waals surface area contributed by atoms with Gasteiger partial charge in [-0.3, -0.25) is 0 Å². The molecule has 1 aromatic carbocycles. The van der Waals surface area contributed by atoms with Crippen molar-refractivity contribution in [3.05, 3.63) is 29.6 Å². The molecule has 0 fully saturated rings. The van der Waals surface area contributed by atoms with Crippen LogP contribution in [0.2, 0.25) is 0 Å². The van der Waals surface area contributed by atoms with E-state index >= 15 is 0 Å². The first-order chi connectivity index (χ1) is 9.40. The Balaban J connectivity index is 3.25. The largest absolute Gasteiger partial charge is 0.389 e. The van der Waals surface area contributed by atoms with Crippen LogP contribution in [0.15, 0.2) is 18.2 Å². The van der Waals surface area contributed by atoms with E-state index in [9.17, 15) is 9.50 Å². The minimum atomic E-state index is -0.662. The molecule has 0 aliphatic heterocycles. The van der Waals surface area contributed by atoms with Crippen molar-refractivity contribution in [2.45, 2.75) is 59.6 Å². The number of benzene rings is 1. The summed E-state index contributed by atoms with van der Waals surface area (Å²) in [5, 5.41) is 9.95. The Bertz CT molecular complexity index is 413. The molecule has 114 valence electrons. The SMILES string of the molecule is CCC(CC)N(CC(C)C)c1ccc(F)cc1C(C)O. The highest BCUT2D eigenvalue weighted by Crippen LogP contribution is 2.30. The monoisotopic (exact) mass is 281 g/mol. The number of aliphatic hydroxyl groups excluding tert-OH is 1. The number of aliphatic hydroxyl groups is 1. The molecule has 3 heteroatoms. The van der Waals surface area contributed by atoms with E-state index in [1.54, 1.807) is 13.0 Å². The summed E-state index contributed by atoms with van der Waals surface area (Å²) in [4.78, 5) is 2.33. The van der Waals surface area contributed by atoms with Crippen LogP contribution in [0.4, 0.5) is 10.1 Å². The normalized spacial score (nSPS) is 13.1. The van der Waals surface area contributed by atoms with E-state index in [0.29, 0.717) is 17.5 Å². The summed E-state index contributed by atoms with van der Waals surface area (Å²) in [5.41, 5.74) is 1.64. The standard InChI is InChI=1S/C17H28FNO/c1-6-15(7-2)19(11-12(3)4)17-9-8-14(18)10-16(17)13(5)20/h8-10,12-13,15,20H,6-7,11H2,1-5H3. The van der Waals surface area contributed by atoms with Gasteiger partial charge in [0.2, 0.25) is 0 Å². The van der Waals surface area contributed by atoms with Gasteiger partial charge in [-0.25, -0.2) is 4.39 Å². The minimum Gasteiger partial charge on any atom is -0.389 e. The van der Waals surface area contributed by atoms with Gasteiger partial charge in [-0.2, -0.15) is 0 Å². The maximum atomic E-state index is 13.5. The highest BCUT2D eigenvalue weighted by atomic mass is 19.1. The molecule has 0 radical (unpaired) electrons. The molecule has 20 heavy (non-hydrogen) atoms. The van der Waals surface area contributed by atoms with Gasteiger partial charge in [0.1, 0.15) is 5.82 Å². The molecule has 0 amide bonds. The number of halogens is 1. The molecule has 0 heterocycles. The molecule has 0 bridgehead atoms. The molecule has 0 saturated carbocycles. The first-order valence-electron chi connectivity index (χ1n) is 7.64. The van der Waals surface area contributed by atoms with Gasteiger partial charge in [0.05, 0.1) is 6.10 Å². The van der Waals surface area contributed by atoms with Crippen molar-refractivity contribution in [2.24, 2.45) is 5.92 Å². The summed E-state index contributed by atoms with van der Waals surface area (Å²) in [5.74, 6) is 0.223. The molecule has 0 spiro atoms. The van der Waals surface area contributed by atoms with Gasteiger partial charge in [0.25, 0.3) is 0 Å². The maximum absolute atomic E-state index is 13.5. The van der Waals surface area contributed by atoms with Crippen molar-refractivity contribution in [3.63, 3.8) is 0 Å². The smallest absolute Gasteiger partial charge is 0.123 e. The molecular weight excluding hydrogens is 253 g/mol. The lowest BCUT2D eigenvalue weighted by Crippen LogP contribution is -2.38. The zero-order valence-corrected chi connectivity index (χ0v) is 13.4. The Labute approximate surface area is 122 Å². The predicted molar refractivity (Wildman–Crippen MR) is 83.6 cm³/mol. The third kappa shape index (κ3) is 4.20. The quantitative estimate of drug-likeness (QED) is 0.793. The lowest BCUT2D eigenvalue weighted by Gasteiger charge is -2.36. The fraction of sp³-hybridized carbons (Fsp3) is 0.647. The molecular formula is C17H28FNO. The molecule has 1 aromatic rings. The lowest BCUT2D eigenvalue weighted by atomic mass is 10.0. The van der Waals surface area contributed by atoms with Crippen molar-refractivity contribution in [2.75, 3.05) is 11.4 Å². The van der Waals surface area contributed by atoms with Crippen LogP contribution in [-0.4, -0.2) is 17.7 Å². The van der Waals surface area contributed by atoms with Gasteiger partial charge in [-0.05, 0) is 43.9 Å². The Kier molecular flexibility index (Phi) is 6.47. The highest BCUT2D eigenvalue weighted by molar-refractivity contribution is 5.55. The van der Waals surface area contributed by atoms with Crippen LogP contribution in [0.25, 0.3) is 0 Å². The maximum Gasteiger partial charge on any atom is 0.123 e. The fourth-order valence-electron chi connectivity index (χ4n) is 2.69. The molecule has 1 N–H and O–H groups in total. The van der Waals surface area contributed by atoms with Crippen molar-refractivity contribution < 1.29 is 9.50 Å². The van der Waals surface area contributed by atoms with Crippen LogP contribution in [0.3, 0.4) is 0 Å². The van der Waals surface area contributed by atoms with Crippen LogP contribution in [0.5, 0.6) is 0 Å². The van der Waals surface area contributed by atoms with E-state index in [1.165, 1.54) is 12.1 Å². The van der Waals surface area contributed by atoms with Gasteiger partial charge >= 0.3 is 0 Å². The van der Waals surface area contributed by atoms with Crippen molar-refractivity contribution >= 4 is 5.69 Å². The summed E-state index contributed by atoms with van der Waals surface area (Å²) in [6, 6.07) is 5.16. The predicted octanol–water partition coefficient (Wildman–Crippen LogP) is 4.53. The van der Waals surface area contributed by atoms with Crippen LogP contribution < -0.4 is 4.90 Å². The second kappa shape index (κ2) is 7.63. The summed E-state index contributed by atoms with van der Waals surface area (Å²) < 4.78 is 13.5. The topological polar surface area (TPSA) is 23.5 Å². The Morgan fingerprint density at radius 2 is 1.75 bits per heavy atom. The zero-order valence-electron chi connectivity index (χ0n) is 13.4. The summed E-state index contributed by atoms with van der Waals surface area (Å²) in [6.07, 6.45) is 1.42. The van der Waals surface area contributed by atoms with Crippen molar-refractivity contribution in [1.29, 1.82) is 0 Å². The molecule has 0 aliphatic carbocycles. The summed E-state index contributed by atoms with van der Waals surface area (Å²) in [7, 11) is 0. The fourth-order valence-corrected chi connectivity index (χ4v) is 2.69. The first-order valence-corrected chi connectivity index (χ1v) is 7.64. The zero-order chi connectivity index (χ0) is 15.3. The number of rotatable bonds is 7. The van der Waals surface area contributed by atoms with Crippen LogP contribution in [0.1, 0.15) is 59.1 Å². The first kappa shape index (κ1) is 17.0. The Morgan fingerprint density at radius 1 is 1.15 bits per heavy atom. The molecule has 1 atom stereocenters. The van der Waals surface area contributed by atoms with Crippen molar-refractivity contribution in [1.82, 2.24) is 0 Å². The molecule has 0 saturated heterocycles. The van der Waals surface area contributed by atoms with E-state index in [1.807, 2.05) is 0 Å². The van der Waals surface area contributed by atoms with E-state index in [0.717, 1.165) is 25.1 Å². The summed E-state index contributed by atoms with van der Waals surface area (Å²) >= 11 is 0. The number of anilines is 1. The third-order valence-electron chi connectivity index (χ3n) is 3.69. The van der Waals surface area contributed by atoms with E-state index in [-0.39, 0.29) is 5.82 Å². The highest BCUT2D eigenvalue weighted by Gasteiger charge is 2.21. The average Bonchev–Trinajstić information content (AvgIpc) is 2.38. The van der Waals surface area contributed by atoms with Gasteiger partial charge in [-0.1, -0.05) is 27.7 Å². The van der Waals surface area contributed by atoms with Gasteiger partial charge in [-0.15, -0.1) is 0 Å². The molecule has 0 aromatic heterocycles. The summed E-state index contributed by atoms with van der Waals surface area (Å²) in [6.45, 7) is 11.3. The third-order valence-corrected chi connectivity index (χ3v) is 3.69. The van der Waals surface area contributed by atoms with Crippen molar-refractivity contribution in [3.8, 4) is 0 Å². The number of nitrogens with zero attached hydrogens (tertiary/aromatic N) is 1. The van der Waals surface area contributed by atoms with Crippen LogP contribution in [0, 0.1) is 11.7 Å². The molecule has 1 unspecified atom stereocenters. The second-order valence-electron chi connectivity index (χ2n) is 5.90. The average molecular weight is 281 g/mol. The number of hydrogen-bond acceptors (Lipinski definition) is 2. The minimum absolute atomic E-state index is 0.293. The molecule has 2 nitrogen and oxygen atoms in total. The lowest BCUT2D eigenvalue weighted by molar-refractivity contribution is 0.199. The second-order valence-corrected chi connectivity index (χ2v) is 5.90. The van der Waals surface area contributed by atoms with Crippen LogP contribution in [-0.2, 0) is 0 Å². The van der Waals surface area contributed by atoms with Crippen LogP contribution >= 0.6 is 0 Å². The van der Waals surface area contributed by atoms with Gasteiger partial charge in [0.15, 0.2) is 0 Å². The Hall–Kier alpha value is -1.09. The van der Waals surface area contributed by atoms with E-state index in [2.05, 4.69) is 32.6 Å². The molecule has 0 aliphatic rings.